The Labute approximate surface area is 110 Å². The summed E-state index contributed by atoms with van der Waals surface area (Å²) in [5.41, 5.74) is 1.10. The van der Waals surface area contributed by atoms with Gasteiger partial charge in [-0.1, -0.05) is 11.6 Å². The third-order valence-electron chi connectivity index (χ3n) is 3.03. The zero-order valence-corrected chi connectivity index (χ0v) is 10.7. The quantitative estimate of drug-likeness (QED) is 0.734. The summed E-state index contributed by atoms with van der Waals surface area (Å²) in [5, 5.41) is 22.3. The van der Waals surface area contributed by atoms with Crippen molar-refractivity contribution >= 4 is 23.2 Å². The second-order valence-electron chi connectivity index (χ2n) is 4.28. The van der Waals surface area contributed by atoms with Crippen LogP contribution in [0, 0.1) is 0 Å². The first kappa shape index (κ1) is 13.1. The molecular formula is C12H15ClN2O3. The standard InChI is InChI=1S/C12H15ClN2O3/c1-14-9-3-2-7(13)4-8(9)12(18)15-5-10(16)11(17)6-15/h2-4,10-11,14,16-17H,5-6H2,1H3. The van der Waals surface area contributed by atoms with E-state index in [0.29, 0.717) is 16.3 Å². The van der Waals surface area contributed by atoms with Crippen molar-refractivity contribution in [2.45, 2.75) is 12.2 Å². The highest BCUT2D eigenvalue weighted by molar-refractivity contribution is 6.31. The van der Waals surface area contributed by atoms with E-state index in [4.69, 9.17) is 11.6 Å². The first-order valence-corrected chi connectivity index (χ1v) is 6.03. The van der Waals surface area contributed by atoms with Crippen LogP contribution in [0.4, 0.5) is 5.69 Å². The van der Waals surface area contributed by atoms with E-state index < -0.39 is 12.2 Å². The van der Waals surface area contributed by atoms with E-state index in [1.54, 1.807) is 25.2 Å². The monoisotopic (exact) mass is 270 g/mol. The Morgan fingerprint density at radius 3 is 2.56 bits per heavy atom. The summed E-state index contributed by atoms with van der Waals surface area (Å²) in [7, 11) is 1.72. The minimum Gasteiger partial charge on any atom is -0.388 e. The van der Waals surface area contributed by atoms with Gasteiger partial charge >= 0.3 is 0 Å². The Kier molecular flexibility index (Phi) is 3.75. The number of hydrogen-bond acceptors (Lipinski definition) is 4. The van der Waals surface area contributed by atoms with Crippen LogP contribution in [-0.2, 0) is 0 Å². The van der Waals surface area contributed by atoms with Crippen molar-refractivity contribution in [2.75, 3.05) is 25.5 Å². The third kappa shape index (κ3) is 2.43. The number of aliphatic hydroxyl groups is 2. The van der Waals surface area contributed by atoms with E-state index >= 15 is 0 Å². The molecule has 2 atom stereocenters. The highest BCUT2D eigenvalue weighted by Gasteiger charge is 2.33. The molecule has 0 aromatic heterocycles. The van der Waals surface area contributed by atoms with Gasteiger partial charge in [-0.05, 0) is 18.2 Å². The summed E-state index contributed by atoms with van der Waals surface area (Å²) in [6, 6.07) is 4.99. The van der Waals surface area contributed by atoms with E-state index in [0.717, 1.165) is 0 Å². The van der Waals surface area contributed by atoms with E-state index in [2.05, 4.69) is 5.32 Å². The Morgan fingerprint density at radius 2 is 2.00 bits per heavy atom. The maximum Gasteiger partial charge on any atom is 0.256 e. The topological polar surface area (TPSA) is 72.8 Å². The normalized spacial score (nSPS) is 23.2. The molecule has 1 aromatic rings. The van der Waals surface area contributed by atoms with Gasteiger partial charge in [0.1, 0.15) is 0 Å². The Hall–Kier alpha value is -1.30. The minimum absolute atomic E-state index is 0.135. The highest BCUT2D eigenvalue weighted by Crippen LogP contribution is 2.23. The second-order valence-corrected chi connectivity index (χ2v) is 4.72. The molecular weight excluding hydrogens is 256 g/mol. The van der Waals surface area contributed by atoms with E-state index in [9.17, 15) is 15.0 Å². The molecule has 1 aliphatic heterocycles. The Balaban J connectivity index is 2.26. The SMILES string of the molecule is CNc1ccc(Cl)cc1C(=O)N1CC(O)C(O)C1. The maximum absolute atomic E-state index is 12.3. The fraction of sp³-hybridized carbons (Fsp3) is 0.417. The summed E-state index contributed by atoms with van der Waals surface area (Å²) in [6.45, 7) is 0.269. The zero-order valence-electron chi connectivity index (χ0n) is 9.93. The predicted octanol–water partition coefficient (Wildman–Crippen LogP) is 0.559. The molecule has 0 spiro atoms. The number of nitrogens with one attached hydrogen (secondary N) is 1. The van der Waals surface area contributed by atoms with E-state index in [1.165, 1.54) is 4.90 Å². The molecule has 98 valence electrons. The number of carbonyl (C=O) groups excluding carboxylic acids is 1. The summed E-state index contributed by atoms with van der Waals surface area (Å²) >= 11 is 5.88. The maximum atomic E-state index is 12.3. The molecule has 0 saturated carbocycles. The van der Waals surface area contributed by atoms with Gasteiger partial charge in [0.05, 0.1) is 17.8 Å². The molecule has 1 amide bonds. The summed E-state index contributed by atoms with van der Waals surface area (Å²) < 4.78 is 0. The number of hydrogen-bond donors (Lipinski definition) is 3. The Bertz CT molecular complexity index is 457. The molecule has 0 aliphatic carbocycles. The molecule has 1 saturated heterocycles. The largest absolute Gasteiger partial charge is 0.388 e. The van der Waals surface area contributed by atoms with Crippen molar-refractivity contribution in [2.24, 2.45) is 0 Å². The van der Waals surface area contributed by atoms with Crippen molar-refractivity contribution in [1.82, 2.24) is 4.90 Å². The van der Waals surface area contributed by atoms with Gasteiger partial charge in [0.15, 0.2) is 0 Å². The van der Waals surface area contributed by atoms with Crippen LogP contribution in [0.25, 0.3) is 0 Å². The summed E-state index contributed by atoms with van der Waals surface area (Å²) in [4.78, 5) is 13.7. The Morgan fingerprint density at radius 1 is 1.39 bits per heavy atom. The first-order chi connectivity index (χ1) is 8.52. The van der Waals surface area contributed by atoms with Crippen LogP contribution in [0.15, 0.2) is 18.2 Å². The molecule has 2 rings (SSSR count). The van der Waals surface area contributed by atoms with Gasteiger partial charge in [-0.15, -0.1) is 0 Å². The number of rotatable bonds is 2. The lowest BCUT2D eigenvalue weighted by Gasteiger charge is -2.17. The van der Waals surface area contributed by atoms with Gasteiger partial charge in [-0.25, -0.2) is 0 Å². The first-order valence-electron chi connectivity index (χ1n) is 5.65. The fourth-order valence-corrected chi connectivity index (χ4v) is 2.19. The number of halogens is 1. The minimum atomic E-state index is -0.883. The smallest absolute Gasteiger partial charge is 0.256 e. The van der Waals surface area contributed by atoms with E-state index in [-0.39, 0.29) is 19.0 Å². The molecule has 1 fully saturated rings. The molecule has 2 unspecified atom stereocenters. The molecule has 0 radical (unpaired) electrons. The van der Waals surface area contributed by atoms with Gasteiger partial charge in [0, 0.05) is 30.8 Å². The number of anilines is 1. The van der Waals surface area contributed by atoms with Crippen molar-refractivity contribution in [3.63, 3.8) is 0 Å². The average molecular weight is 271 g/mol. The molecule has 3 N–H and O–H groups in total. The van der Waals surface area contributed by atoms with Gasteiger partial charge in [-0.3, -0.25) is 4.79 Å². The van der Waals surface area contributed by atoms with Crippen LogP contribution < -0.4 is 5.32 Å². The van der Waals surface area contributed by atoms with Crippen molar-refractivity contribution in [3.05, 3.63) is 28.8 Å². The van der Waals surface area contributed by atoms with Crippen LogP contribution in [0.2, 0.25) is 5.02 Å². The fourth-order valence-electron chi connectivity index (χ4n) is 2.02. The number of amides is 1. The van der Waals surface area contributed by atoms with Gasteiger partial charge in [0.25, 0.3) is 5.91 Å². The zero-order chi connectivity index (χ0) is 13.3. The van der Waals surface area contributed by atoms with Gasteiger partial charge < -0.3 is 20.4 Å². The van der Waals surface area contributed by atoms with Crippen LogP contribution in [0.3, 0.4) is 0 Å². The number of aliphatic hydroxyl groups excluding tert-OH is 2. The van der Waals surface area contributed by atoms with Crippen molar-refractivity contribution in [3.8, 4) is 0 Å². The molecule has 1 aromatic carbocycles. The highest BCUT2D eigenvalue weighted by atomic mass is 35.5. The lowest BCUT2D eigenvalue weighted by molar-refractivity contribution is 0.0572. The summed E-state index contributed by atoms with van der Waals surface area (Å²) in [6.07, 6.45) is -1.77. The molecule has 0 bridgehead atoms. The number of benzene rings is 1. The van der Waals surface area contributed by atoms with Gasteiger partial charge in [0.2, 0.25) is 0 Å². The molecule has 1 aliphatic rings. The summed E-state index contributed by atoms with van der Waals surface area (Å²) in [5.74, 6) is -0.252. The van der Waals surface area contributed by atoms with Crippen LogP contribution in [-0.4, -0.2) is 53.4 Å². The lowest BCUT2D eigenvalue weighted by Crippen LogP contribution is -2.30. The second kappa shape index (κ2) is 5.14. The van der Waals surface area contributed by atoms with Crippen LogP contribution in [0.5, 0.6) is 0 Å². The number of likely N-dealkylation sites (tertiary alicyclic amines) is 1. The lowest BCUT2D eigenvalue weighted by atomic mass is 10.1. The van der Waals surface area contributed by atoms with Gasteiger partial charge in [-0.2, -0.15) is 0 Å². The van der Waals surface area contributed by atoms with Crippen LogP contribution in [0.1, 0.15) is 10.4 Å². The van der Waals surface area contributed by atoms with Crippen molar-refractivity contribution in [1.29, 1.82) is 0 Å². The molecule has 6 heteroatoms. The predicted molar refractivity (Wildman–Crippen MR) is 68.9 cm³/mol. The van der Waals surface area contributed by atoms with E-state index in [1.807, 2.05) is 0 Å². The number of nitrogens with zero attached hydrogens (tertiary/aromatic N) is 1. The van der Waals surface area contributed by atoms with Crippen molar-refractivity contribution < 1.29 is 15.0 Å². The number of carbonyl (C=O) groups is 1. The molecule has 5 nitrogen and oxygen atoms in total. The molecule has 1 heterocycles. The van der Waals surface area contributed by atoms with Crippen LogP contribution >= 0.6 is 11.6 Å². The number of β-amino-alcohol motifs (C(OH)–C–C–N with tert-alkyl or cyclic N) is 2. The average Bonchev–Trinajstić information content (AvgIpc) is 2.68. The molecule has 18 heavy (non-hydrogen) atoms. The third-order valence-corrected chi connectivity index (χ3v) is 3.26.